The molecule has 138 valence electrons. The summed E-state index contributed by atoms with van der Waals surface area (Å²) in [6.45, 7) is 3.81. The van der Waals surface area contributed by atoms with Crippen molar-refractivity contribution in [1.82, 2.24) is 20.9 Å². The molecule has 0 aromatic heterocycles. The van der Waals surface area contributed by atoms with E-state index in [1.165, 1.54) is 12.1 Å². The summed E-state index contributed by atoms with van der Waals surface area (Å²) in [6, 6.07) is 6.15. The van der Waals surface area contributed by atoms with Gasteiger partial charge in [0.25, 0.3) is 0 Å². The Bertz CT molecular complexity index is 579. The second-order valence-electron chi connectivity index (χ2n) is 6.48. The Hall–Kier alpha value is -1.99. The first-order valence-corrected chi connectivity index (χ1v) is 8.69. The van der Waals surface area contributed by atoms with E-state index in [4.69, 9.17) is 0 Å². The van der Waals surface area contributed by atoms with E-state index in [1.807, 2.05) is 14.0 Å². The van der Waals surface area contributed by atoms with E-state index >= 15 is 0 Å². The monoisotopic (exact) mass is 350 g/mol. The molecule has 1 heterocycles. The van der Waals surface area contributed by atoms with Crippen LogP contribution in [-0.4, -0.2) is 56.0 Å². The van der Waals surface area contributed by atoms with Gasteiger partial charge in [-0.1, -0.05) is 12.1 Å². The third-order valence-corrected chi connectivity index (χ3v) is 4.47. The van der Waals surface area contributed by atoms with E-state index in [-0.39, 0.29) is 30.2 Å². The molecule has 1 fully saturated rings. The van der Waals surface area contributed by atoms with E-state index in [2.05, 4.69) is 20.9 Å². The topological polar surface area (TPSA) is 73.5 Å². The van der Waals surface area contributed by atoms with Crippen LogP contribution in [0.15, 0.2) is 24.3 Å². The van der Waals surface area contributed by atoms with E-state index in [1.54, 1.807) is 12.1 Å². The summed E-state index contributed by atoms with van der Waals surface area (Å²) in [6.07, 6.45) is 2.19. The normalized spacial score (nSPS) is 19.2. The Balaban J connectivity index is 1.70. The number of hydrogen-bond donors (Lipinski definition) is 3. The maximum atomic E-state index is 12.9. The molecule has 2 unspecified atom stereocenters. The van der Waals surface area contributed by atoms with Gasteiger partial charge in [0.2, 0.25) is 11.8 Å². The van der Waals surface area contributed by atoms with Gasteiger partial charge in [-0.15, -0.1) is 0 Å². The van der Waals surface area contributed by atoms with Crippen molar-refractivity contribution in [3.8, 4) is 0 Å². The Morgan fingerprint density at radius 3 is 2.68 bits per heavy atom. The predicted molar refractivity (Wildman–Crippen MR) is 94.5 cm³/mol. The van der Waals surface area contributed by atoms with Crippen LogP contribution < -0.4 is 16.0 Å². The fraction of sp³-hybridized carbons (Fsp3) is 0.556. The Labute approximate surface area is 148 Å². The molecule has 2 amide bonds. The Kier molecular flexibility index (Phi) is 7.33. The number of nitrogens with zero attached hydrogens (tertiary/aromatic N) is 1. The minimum Gasteiger partial charge on any atom is -0.348 e. The fourth-order valence-corrected chi connectivity index (χ4v) is 3.00. The Morgan fingerprint density at radius 2 is 2.00 bits per heavy atom. The SMILES string of the molecule is CNC1CCCN(CC(=O)NCC(=O)NC(C)c2ccc(F)cc2)C1. The second-order valence-corrected chi connectivity index (χ2v) is 6.48. The van der Waals surface area contributed by atoms with Crippen LogP contribution in [0.5, 0.6) is 0 Å². The highest BCUT2D eigenvalue weighted by atomic mass is 19.1. The van der Waals surface area contributed by atoms with Crippen LogP contribution in [0.4, 0.5) is 4.39 Å². The fourth-order valence-electron chi connectivity index (χ4n) is 3.00. The number of likely N-dealkylation sites (tertiary alicyclic amines) is 1. The van der Waals surface area contributed by atoms with Crippen LogP contribution >= 0.6 is 0 Å². The number of piperidine rings is 1. The molecule has 6 nitrogen and oxygen atoms in total. The molecule has 7 heteroatoms. The van der Waals surface area contributed by atoms with Gasteiger partial charge >= 0.3 is 0 Å². The average Bonchev–Trinajstić information content (AvgIpc) is 2.60. The van der Waals surface area contributed by atoms with Gasteiger partial charge in [0, 0.05) is 12.6 Å². The molecule has 1 aromatic rings. The Morgan fingerprint density at radius 1 is 1.28 bits per heavy atom. The summed E-state index contributed by atoms with van der Waals surface area (Å²) >= 11 is 0. The van der Waals surface area contributed by atoms with Crippen molar-refractivity contribution < 1.29 is 14.0 Å². The van der Waals surface area contributed by atoms with E-state index in [0.29, 0.717) is 12.6 Å². The number of nitrogens with one attached hydrogen (secondary N) is 3. The van der Waals surface area contributed by atoms with Gasteiger partial charge < -0.3 is 16.0 Å². The van der Waals surface area contributed by atoms with Crippen LogP contribution in [0.2, 0.25) is 0 Å². The van der Waals surface area contributed by atoms with Gasteiger partial charge in [0.1, 0.15) is 5.82 Å². The smallest absolute Gasteiger partial charge is 0.239 e. The zero-order valence-electron chi connectivity index (χ0n) is 14.8. The predicted octanol–water partition coefficient (Wildman–Crippen LogP) is 0.803. The van der Waals surface area contributed by atoms with E-state index < -0.39 is 0 Å². The summed E-state index contributed by atoms with van der Waals surface area (Å²) in [5.74, 6) is -0.731. The highest BCUT2D eigenvalue weighted by Gasteiger charge is 2.20. The summed E-state index contributed by atoms with van der Waals surface area (Å²) in [5.41, 5.74) is 0.813. The molecule has 0 radical (unpaired) electrons. The summed E-state index contributed by atoms with van der Waals surface area (Å²) in [4.78, 5) is 26.1. The van der Waals surface area contributed by atoms with Crippen molar-refractivity contribution in [2.24, 2.45) is 0 Å². The molecule has 0 saturated carbocycles. The maximum absolute atomic E-state index is 12.9. The van der Waals surface area contributed by atoms with Crippen molar-refractivity contribution in [3.63, 3.8) is 0 Å². The largest absolute Gasteiger partial charge is 0.348 e. The molecule has 1 aliphatic rings. The van der Waals surface area contributed by atoms with E-state index in [0.717, 1.165) is 31.5 Å². The summed E-state index contributed by atoms with van der Waals surface area (Å²) < 4.78 is 12.9. The highest BCUT2D eigenvalue weighted by Crippen LogP contribution is 2.12. The molecule has 2 atom stereocenters. The molecule has 25 heavy (non-hydrogen) atoms. The van der Waals surface area contributed by atoms with Gasteiger partial charge in [-0.25, -0.2) is 4.39 Å². The third-order valence-electron chi connectivity index (χ3n) is 4.47. The lowest BCUT2D eigenvalue weighted by Crippen LogP contribution is -2.49. The standard InChI is InChI=1S/C18H27FN4O2/c1-13(14-5-7-15(19)8-6-14)22-17(24)10-21-18(25)12-23-9-3-4-16(11-23)20-2/h5-8,13,16,20H,3-4,9-12H2,1-2H3,(H,21,25)(H,22,24). The highest BCUT2D eigenvalue weighted by molar-refractivity contribution is 5.85. The molecule has 0 bridgehead atoms. The molecular weight excluding hydrogens is 323 g/mol. The summed E-state index contributed by atoms with van der Waals surface area (Å²) in [5, 5.41) is 8.68. The zero-order valence-corrected chi connectivity index (χ0v) is 14.8. The van der Waals surface area contributed by atoms with E-state index in [9.17, 15) is 14.0 Å². The van der Waals surface area contributed by atoms with Crippen molar-refractivity contribution in [1.29, 1.82) is 0 Å². The van der Waals surface area contributed by atoms with Crippen LogP contribution in [0.25, 0.3) is 0 Å². The number of benzene rings is 1. The lowest BCUT2D eigenvalue weighted by atomic mass is 10.1. The maximum Gasteiger partial charge on any atom is 0.239 e. The van der Waals surface area contributed by atoms with Crippen molar-refractivity contribution >= 4 is 11.8 Å². The molecule has 1 aliphatic heterocycles. The first-order valence-electron chi connectivity index (χ1n) is 8.69. The molecular formula is C18H27FN4O2. The van der Waals surface area contributed by atoms with Crippen LogP contribution in [-0.2, 0) is 9.59 Å². The molecule has 1 saturated heterocycles. The molecule has 1 aromatic carbocycles. The average molecular weight is 350 g/mol. The first-order chi connectivity index (χ1) is 12.0. The number of likely N-dealkylation sites (N-methyl/N-ethyl adjacent to an activating group) is 1. The minimum absolute atomic E-state index is 0.0618. The number of hydrogen-bond acceptors (Lipinski definition) is 4. The number of carbonyl (C=O) groups excluding carboxylic acids is 2. The van der Waals surface area contributed by atoms with Crippen molar-refractivity contribution in [2.45, 2.75) is 31.8 Å². The minimum atomic E-state index is -0.312. The zero-order chi connectivity index (χ0) is 18.2. The van der Waals surface area contributed by atoms with Crippen molar-refractivity contribution in [3.05, 3.63) is 35.6 Å². The molecule has 0 spiro atoms. The first kappa shape index (κ1) is 19.3. The van der Waals surface area contributed by atoms with Gasteiger partial charge in [-0.2, -0.15) is 0 Å². The quantitative estimate of drug-likeness (QED) is 0.680. The lowest BCUT2D eigenvalue weighted by molar-refractivity contribution is -0.127. The number of carbonyl (C=O) groups is 2. The molecule has 3 N–H and O–H groups in total. The molecule has 2 rings (SSSR count). The third kappa shape index (κ3) is 6.43. The van der Waals surface area contributed by atoms with Gasteiger partial charge in [0.15, 0.2) is 0 Å². The molecule has 0 aliphatic carbocycles. The van der Waals surface area contributed by atoms with Gasteiger partial charge in [-0.3, -0.25) is 14.5 Å². The van der Waals surface area contributed by atoms with Crippen LogP contribution in [0.1, 0.15) is 31.4 Å². The lowest BCUT2D eigenvalue weighted by Gasteiger charge is -2.31. The number of amides is 2. The van der Waals surface area contributed by atoms with Crippen LogP contribution in [0.3, 0.4) is 0 Å². The summed E-state index contributed by atoms with van der Waals surface area (Å²) in [7, 11) is 1.93. The van der Waals surface area contributed by atoms with Gasteiger partial charge in [-0.05, 0) is 51.1 Å². The number of halogens is 1. The van der Waals surface area contributed by atoms with Crippen LogP contribution in [0, 0.1) is 5.82 Å². The second kappa shape index (κ2) is 9.48. The van der Waals surface area contributed by atoms with Crippen molar-refractivity contribution in [2.75, 3.05) is 33.2 Å². The number of rotatable bonds is 7. The van der Waals surface area contributed by atoms with Gasteiger partial charge in [0.05, 0.1) is 19.1 Å².